The Morgan fingerprint density at radius 2 is 1.68 bits per heavy atom. The van der Waals surface area contributed by atoms with Gasteiger partial charge in [0.05, 0.1) is 25.9 Å². The molecule has 0 saturated carbocycles. The molecule has 0 aliphatic carbocycles. The Kier molecular flexibility index (Phi) is 6.35. The minimum Gasteiger partial charge on any atom is -0.507 e. The second-order valence-electron chi connectivity index (χ2n) is 5.34. The molecule has 0 bridgehead atoms. The van der Waals surface area contributed by atoms with Crippen LogP contribution in [-0.4, -0.2) is 72.2 Å². The smallest absolute Gasteiger partial charge is 0.354 e. The minimum atomic E-state index is -0.618. The Balaban J connectivity index is 2.08. The Hall–Kier alpha value is -2.61. The first-order chi connectivity index (χ1) is 12.0. The van der Waals surface area contributed by atoms with Crippen LogP contribution in [0.3, 0.4) is 0 Å². The number of esters is 2. The SMILES string of the molecule is COC(=O)/C=C(\C(=O)OC)N1CCN(C(=S)c2ccccc2O)CC1. The lowest BCUT2D eigenvalue weighted by molar-refractivity contribution is -0.140. The summed E-state index contributed by atoms with van der Waals surface area (Å²) in [5, 5.41) is 9.94. The van der Waals surface area contributed by atoms with E-state index < -0.39 is 11.9 Å². The molecule has 0 unspecified atom stereocenters. The van der Waals surface area contributed by atoms with E-state index in [0.29, 0.717) is 36.7 Å². The van der Waals surface area contributed by atoms with Crippen LogP contribution in [0.15, 0.2) is 36.0 Å². The fraction of sp³-hybridized carbons (Fsp3) is 0.353. The molecule has 1 aliphatic heterocycles. The first-order valence-electron chi connectivity index (χ1n) is 7.68. The summed E-state index contributed by atoms with van der Waals surface area (Å²) in [6.45, 7) is 2.04. The molecule has 0 spiro atoms. The summed E-state index contributed by atoms with van der Waals surface area (Å²) in [4.78, 5) is 27.7. The van der Waals surface area contributed by atoms with Gasteiger partial charge >= 0.3 is 11.9 Å². The predicted octanol–water partition coefficient (Wildman–Crippen LogP) is 0.915. The van der Waals surface area contributed by atoms with E-state index in [0.717, 1.165) is 6.08 Å². The van der Waals surface area contributed by atoms with Crippen molar-refractivity contribution in [2.75, 3.05) is 40.4 Å². The zero-order chi connectivity index (χ0) is 18.4. The summed E-state index contributed by atoms with van der Waals surface area (Å²) >= 11 is 5.46. The topological polar surface area (TPSA) is 79.3 Å². The Morgan fingerprint density at radius 1 is 1.08 bits per heavy atom. The van der Waals surface area contributed by atoms with Crippen molar-refractivity contribution in [2.24, 2.45) is 0 Å². The Morgan fingerprint density at radius 3 is 2.24 bits per heavy atom. The van der Waals surface area contributed by atoms with Crippen LogP contribution in [0.5, 0.6) is 5.75 Å². The number of nitrogens with zero attached hydrogens (tertiary/aromatic N) is 2. The van der Waals surface area contributed by atoms with E-state index in [1.165, 1.54) is 14.2 Å². The number of phenols is 1. The van der Waals surface area contributed by atoms with Crippen molar-refractivity contribution in [3.8, 4) is 5.75 Å². The molecule has 0 aromatic heterocycles. The van der Waals surface area contributed by atoms with Gasteiger partial charge < -0.3 is 24.4 Å². The van der Waals surface area contributed by atoms with Crippen molar-refractivity contribution in [3.63, 3.8) is 0 Å². The fourth-order valence-corrected chi connectivity index (χ4v) is 2.88. The van der Waals surface area contributed by atoms with Gasteiger partial charge in [0.25, 0.3) is 0 Å². The lowest BCUT2D eigenvalue weighted by Gasteiger charge is -2.37. The number of hydrogen-bond acceptors (Lipinski definition) is 7. The van der Waals surface area contributed by atoms with Crippen molar-refractivity contribution in [1.82, 2.24) is 9.80 Å². The summed E-state index contributed by atoms with van der Waals surface area (Å²) in [7, 11) is 2.51. The second-order valence-corrected chi connectivity index (χ2v) is 5.73. The van der Waals surface area contributed by atoms with Gasteiger partial charge in [-0.2, -0.15) is 0 Å². The lowest BCUT2D eigenvalue weighted by atomic mass is 10.1. The van der Waals surface area contributed by atoms with Gasteiger partial charge in [-0.15, -0.1) is 0 Å². The highest BCUT2D eigenvalue weighted by molar-refractivity contribution is 7.80. The van der Waals surface area contributed by atoms with Crippen molar-refractivity contribution in [1.29, 1.82) is 0 Å². The van der Waals surface area contributed by atoms with Gasteiger partial charge in [0.1, 0.15) is 16.4 Å². The molecule has 0 atom stereocenters. The fourth-order valence-electron chi connectivity index (χ4n) is 2.53. The highest BCUT2D eigenvalue weighted by Gasteiger charge is 2.26. The Bertz CT molecular complexity index is 696. The number of rotatable bonds is 4. The number of hydrogen-bond donors (Lipinski definition) is 1. The first kappa shape index (κ1) is 18.7. The number of piperazine rings is 1. The van der Waals surface area contributed by atoms with E-state index in [-0.39, 0.29) is 11.4 Å². The average molecular weight is 364 g/mol. The number of thiocarbonyl (C=S) groups is 1. The van der Waals surface area contributed by atoms with Crippen LogP contribution < -0.4 is 0 Å². The minimum absolute atomic E-state index is 0.135. The second kappa shape index (κ2) is 8.48. The third-order valence-corrected chi connectivity index (χ3v) is 4.37. The maximum atomic E-state index is 11.9. The van der Waals surface area contributed by atoms with E-state index in [4.69, 9.17) is 17.0 Å². The van der Waals surface area contributed by atoms with Crippen LogP contribution >= 0.6 is 12.2 Å². The molecule has 1 aromatic carbocycles. The summed E-state index contributed by atoms with van der Waals surface area (Å²) < 4.78 is 9.33. The van der Waals surface area contributed by atoms with Gasteiger partial charge in [-0.3, -0.25) is 0 Å². The van der Waals surface area contributed by atoms with Crippen LogP contribution in [0.1, 0.15) is 5.56 Å². The quantitative estimate of drug-likeness (QED) is 0.480. The van der Waals surface area contributed by atoms with Gasteiger partial charge in [0.15, 0.2) is 0 Å². The van der Waals surface area contributed by atoms with Crippen LogP contribution in [0.4, 0.5) is 0 Å². The number of para-hydroxylation sites is 1. The summed E-state index contributed by atoms with van der Waals surface area (Å²) in [5.74, 6) is -1.08. The van der Waals surface area contributed by atoms with Crippen molar-refractivity contribution in [2.45, 2.75) is 0 Å². The van der Waals surface area contributed by atoms with Crippen LogP contribution in [0.25, 0.3) is 0 Å². The van der Waals surface area contributed by atoms with E-state index in [9.17, 15) is 14.7 Å². The molecule has 1 aromatic rings. The monoisotopic (exact) mass is 364 g/mol. The molecule has 1 N–H and O–H groups in total. The van der Waals surface area contributed by atoms with Crippen LogP contribution in [-0.2, 0) is 19.1 Å². The molecule has 8 heteroatoms. The zero-order valence-electron chi connectivity index (χ0n) is 14.1. The van der Waals surface area contributed by atoms with Crippen LogP contribution in [0, 0.1) is 0 Å². The first-order valence-corrected chi connectivity index (χ1v) is 8.09. The number of carbonyl (C=O) groups excluding carboxylic acids is 2. The molecule has 7 nitrogen and oxygen atoms in total. The molecule has 1 aliphatic rings. The van der Waals surface area contributed by atoms with Gasteiger partial charge in [-0.1, -0.05) is 24.4 Å². The van der Waals surface area contributed by atoms with Crippen LogP contribution in [0.2, 0.25) is 0 Å². The Labute approximate surface area is 151 Å². The normalized spacial score (nSPS) is 14.9. The van der Waals surface area contributed by atoms with Gasteiger partial charge in [-0.05, 0) is 12.1 Å². The maximum Gasteiger partial charge on any atom is 0.354 e. The lowest BCUT2D eigenvalue weighted by Crippen LogP contribution is -2.49. The van der Waals surface area contributed by atoms with Crippen molar-refractivity contribution < 1.29 is 24.2 Å². The summed E-state index contributed by atoms with van der Waals surface area (Å²) in [5.41, 5.74) is 0.756. The highest BCUT2D eigenvalue weighted by Crippen LogP contribution is 2.20. The molecular formula is C17H20N2O5S. The number of aromatic hydroxyl groups is 1. The molecule has 2 rings (SSSR count). The number of phenolic OH excluding ortho intramolecular Hbond substituents is 1. The number of methoxy groups -OCH3 is 2. The van der Waals surface area contributed by atoms with E-state index in [1.54, 1.807) is 23.1 Å². The molecule has 25 heavy (non-hydrogen) atoms. The number of carbonyl (C=O) groups is 2. The molecule has 0 amide bonds. The number of ether oxygens (including phenoxy) is 2. The molecule has 1 fully saturated rings. The molecular weight excluding hydrogens is 344 g/mol. The van der Waals surface area contributed by atoms with E-state index in [2.05, 4.69) is 4.74 Å². The van der Waals surface area contributed by atoms with Gasteiger partial charge in [-0.25, -0.2) is 9.59 Å². The third kappa shape index (κ3) is 4.48. The predicted molar refractivity (Wildman–Crippen MR) is 95.1 cm³/mol. The summed E-state index contributed by atoms with van der Waals surface area (Å²) in [6.07, 6.45) is 1.13. The van der Waals surface area contributed by atoms with Crippen molar-refractivity contribution in [3.05, 3.63) is 41.6 Å². The van der Waals surface area contributed by atoms with E-state index >= 15 is 0 Å². The standard InChI is InChI=1S/C17H20N2O5S/c1-23-15(21)11-13(17(22)24-2)18-7-9-19(10-8-18)16(25)12-5-3-4-6-14(12)20/h3-6,11,20H,7-10H2,1-2H3/b13-11+. The molecule has 1 saturated heterocycles. The number of benzene rings is 1. The highest BCUT2D eigenvalue weighted by atomic mass is 32.1. The molecule has 134 valence electrons. The molecule has 1 heterocycles. The zero-order valence-corrected chi connectivity index (χ0v) is 14.9. The summed E-state index contributed by atoms with van der Waals surface area (Å²) in [6, 6.07) is 6.90. The average Bonchev–Trinajstić information content (AvgIpc) is 2.65. The maximum absolute atomic E-state index is 11.9. The van der Waals surface area contributed by atoms with Crippen molar-refractivity contribution >= 4 is 29.1 Å². The van der Waals surface area contributed by atoms with E-state index in [1.807, 2.05) is 11.0 Å². The van der Waals surface area contributed by atoms with Gasteiger partial charge in [0.2, 0.25) is 0 Å². The molecule has 0 radical (unpaired) electrons. The third-order valence-electron chi connectivity index (χ3n) is 3.89. The van der Waals surface area contributed by atoms with Gasteiger partial charge in [0, 0.05) is 26.2 Å². The largest absolute Gasteiger partial charge is 0.507 e.